The van der Waals surface area contributed by atoms with Crippen LogP contribution in [0, 0.1) is 0 Å². The van der Waals surface area contributed by atoms with Crippen LogP contribution in [0.25, 0.3) is 0 Å². The van der Waals surface area contributed by atoms with Gasteiger partial charge in [0.15, 0.2) is 0 Å². The summed E-state index contributed by atoms with van der Waals surface area (Å²) in [6.07, 6.45) is 1.80. The highest BCUT2D eigenvalue weighted by atomic mass is 32.2. The van der Waals surface area contributed by atoms with Crippen LogP contribution in [0.4, 0.5) is 0 Å². The number of likely N-dealkylation sites (N-methyl/N-ethyl adjacent to an activating group) is 1. The van der Waals surface area contributed by atoms with Crippen LogP contribution in [0.3, 0.4) is 0 Å². The van der Waals surface area contributed by atoms with E-state index >= 15 is 0 Å². The molecule has 2 rings (SSSR count). The van der Waals surface area contributed by atoms with Crippen molar-refractivity contribution in [1.29, 1.82) is 0 Å². The molecule has 2 aliphatic rings. The molecule has 7 heteroatoms. The van der Waals surface area contributed by atoms with Gasteiger partial charge in [-0.1, -0.05) is 0 Å². The van der Waals surface area contributed by atoms with Crippen LogP contribution in [0.1, 0.15) is 19.8 Å². The molecule has 6 nitrogen and oxygen atoms in total. The van der Waals surface area contributed by atoms with Crippen LogP contribution in [0.2, 0.25) is 0 Å². The lowest BCUT2D eigenvalue weighted by Gasteiger charge is -2.32. The SMILES string of the molecule is CC1CN(C)CCCN1S(=O)(=O)N1CCCNCC1. The Morgan fingerprint density at radius 1 is 1.05 bits per heavy atom. The molecule has 0 saturated carbocycles. The molecule has 2 saturated heterocycles. The molecule has 0 aromatic heterocycles. The highest BCUT2D eigenvalue weighted by Gasteiger charge is 2.34. The van der Waals surface area contributed by atoms with Crippen molar-refractivity contribution < 1.29 is 8.42 Å². The van der Waals surface area contributed by atoms with E-state index in [1.54, 1.807) is 8.61 Å². The molecular weight excluding hydrogens is 264 g/mol. The summed E-state index contributed by atoms with van der Waals surface area (Å²) in [7, 11) is -1.25. The summed E-state index contributed by atoms with van der Waals surface area (Å²) in [5.74, 6) is 0. The lowest BCUT2D eigenvalue weighted by atomic mass is 10.3. The summed E-state index contributed by atoms with van der Waals surface area (Å²) < 4.78 is 28.9. The van der Waals surface area contributed by atoms with Gasteiger partial charge in [-0.3, -0.25) is 0 Å². The molecule has 1 unspecified atom stereocenters. The molecule has 1 atom stereocenters. The molecule has 0 aliphatic carbocycles. The van der Waals surface area contributed by atoms with Gasteiger partial charge in [-0.15, -0.1) is 0 Å². The average molecular weight is 290 g/mol. The molecule has 0 aromatic rings. The second-order valence-corrected chi connectivity index (χ2v) is 7.47. The van der Waals surface area contributed by atoms with Crippen LogP contribution in [0.5, 0.6) is 0 Å². The largest absolute Gasteiger partial charge is 0.315 e. The van der Waals surface area contributed by atoms with Crippen molar-refractivity contribution in [2.24, 2.45) is 0 Å². The van der Waals surface area contributed by atoms with Crippen LogP contribution < -0.4 is 5.32 Å². The van der Waals surface area contributed by atoms with Gasteiger partial charge in [0.25, 0.3) is 10.2 Å². The van der Waals surface area contributed by atoms with E-state index in [0.29, 0.717) is 19.6 Å². The summed E-state index contributed by atoms with van der Waals surface area (Å²) in [4.78, 5) is 2.21. The molecule has 0 amide bonds. The Balaban J connectivity index is 2.12. The second kappa shape index (κ2) is 6.49. The van der Waals surface area contributed by atoms with E-state index in [9.17, 15) is 8.42 Å². The fourth-order valence-corrected chi connectivity index (χ4v) is 4.75. The van der Waals surface area contributed by atoms with Crippen molar-refractivity contribution in [2.45, 2.75) is 25.8 Å². The Bertz CT molecular complexity index is 379. The third kappa shape index (κ3) is 3.66. The minimum absolute atomic E-state index is 0.0497. The van der Waals surface area contributed by atoms with E-state index in [2.05, 4.69) is 17.3 Å². The number of nitrogens with zero attached hydrogens (tertiary/aromatic N) is 3. The predicted octanol–water partition coefficient (Wildman–Crippen LogP) is -0.447. The summed E-state index contributed by atoms with van der Waals surface area (Å²) in [6.45, 7) is 7.30. The summed E-state index contributed by atoms with van der Waals surface area (Å²) in [6, 6.07) is 0.0497. The zero-order chi connectivity index (χ0) is 13.9. The van der Waals surface area contributed by atoms with Gasteiger partial charge in [-0.25, -0.2) is 0 Å². The lowest BCUT2D eigenvalue weighted by Crippen LogP contribution is -2.50. The van der Waals surface area contributed by atoms with Gasteiger partial charge in [-0.2, -0.15) is 17.0 Å². The van der Waals surface area contributed by atoms with Gasteiger partial charge in [-0.05, 0) is 39.9 Å². The Morgan fingerprint density at radius 3 is 2.63 bits per heavy atom. The lowest BCUT2D eigenvalue weighted by molar-refractivity contribution is 0.273. The van der Waals surface area contributed by atoms with Crippen molar-refractivity contribution in [3.8, 4) is 0 Å². The highest BCUT2D eigenvalue weighted by Crippen LogP contribution is 2.17. The van der Waals surface area contributed by atoms with E-state index in [0.717, 1.165) is 39.0 Å². The number of nitrogens with one attached hydrogen (secondary N) is 1. The third-order valence-corrected chi connectivity index (χ3v) is 6.06. The molecule has 1 N–H and O–H groups in total. The second-order valence-electron chi connectivity index (χ2n) is 5.59. The molecule has 112 valence electrons. The Kier molecular flexibility index (Phi) is 5.19. The van der Waals surface area contributed by atoms with Crippen LogP contribution in [-0.2, 0) is 10.2 Å². The van der Waals surface area contributed by atoms with Crippen LogP contribution in [-0.4, -0.2) is 80.8 Å². The zero-order valence-electron chi connectivity index (χ0n) is 12.0. The van der Waals surface area contributed by atoms with E-state index in [1.165, 1.54) is 0 Å². The quantitative estimate of drug-likeness (QED) is 0.749. The average Bonchev–Trinajstić information content (AvgIpc) is 2.70. The molecule has 0 bridgehead atoms. The maximum Gasteiger partial charge on any atom is 0.282 e. The molecule has 0 radical (unpaired) electrons. The smallest absolute Gasteiger partial charge is 0.282 e. The number of hydrogen-bond acceptors (Lipinski definition) is 4. The van der Waals surface area contributed by atoms with Crippen LogP contribution >= 0.6 is 0 Å². The van der Waals surface area contributed by atoms with Gasteiger partial charge in [0.1, 0.15) is 0 Å². The topological polar surface area (TPSA) is 55.9 Å². The van der Waals surface area contributed by atoms with Crippen molar-refractivity contribution >= 4 is 10.2 Å². The fraction of sp³-hybridized carbons (Fsp3) is 1.00. The zero-order valence-corrected chi connectivity index (χ0v) is 12.8. The maximum absolute atomic E-state index is 12.8. The summed E-state index contributed by atoms with van der Waals surface area (Å²) in [5, 5.41) is 3.25. The fourth-order valence-electron chi connectivity index (χ4n) is 2.89. The number of hydrogen-bond donors (Lipinski definition) is 1. The van der Waals surface area contributed by atoms with Gasteiger partial charge in [0.05, 0.1) is 0 Å². The molecule has 2 aliphatic heterocycles. The van der Waals surface area contributed by atoms with E-state index < -0.39 is 10.2 Å². The highest BCUT2D eigenvalue weighted by molar-refractivity contribution is 7.86. The minimum Gasteiger partial charge on any atom is -0.315 e. The standard InChI is InChI=1S/C12H26N4O2S/c1-12-11-14(2)7-4-9-16(12)19(17,18)15-8-3-5-13-6-10-15/h12-13H,3-11H2,1-2H3. The van der Waals surface area contributed by atoms with Crippen molar-refractivity contribution in [2.75, 3.05) is 52.9 Å². The first kappa shape index (κ1) is 15.2. The molecule has 2 fully saturated rings. The monoisotopic (exact) mass is 290 g/mol. The summed E-state index contributed by atoms with van der Waals surface area (Å²) >= 11 is 0. The van der Waals surface area contributed by atoms with Crippen molar-refractivity contribution in [1.82, 2.24) is 18.8 Å². The van der Waals surface area contributed by atoms with Crippen molar-refractivity contribution in [3.63, 3.8) is 0 Å². The van der Waals surface area contributed by atoms with Crippen molar-refractivity contribution in [3.05, 3.63) is 0 Å². The molecule has 0 aromatic carbocycles. The Hall–Kier alpha value is -0.210. The first-order valence-corrected chi connectivity index (χ1v) is 8.57. The first-order chi connectivity index (χ1) is 9.01. The Labute approximate surface area is 116 Å². The van der Waals surface area contributed by atoms with Gasteiger partial charge in [0.2, 0.25) is 0 Å². The van der Waals surface area contributed by atoms with E-state index in [4.69, 9.17) is 0 Å². The van der Waals surface area contributed by atoms with Gasteiger partial charge >= 0.3 is 0 Å². The molecular formula is C12H26N4O2S. The molecule has 2 heterocycles. The predicted molar refractivity (Wildman–Crippen MR) is 76.3 cm³/mol. The third-order valence-electron chi connectivity index (χ3n) is 3.91. The van der Waals surface area contributed by atoms with E-state index in [-0.39, 0.29) is 6.04 Å². The molecule has 19 heavy (non-hydrogen) atoms. The maximum atomic E-state index is 12.8. The van der Waals surface area contributed by atoms with Gasteiger partial charge < -0.3 is 10.2 Å². The van der Waals surface area contributed by atoms with Gasteiger partial charge in [0, 0.05) is 38.8 Å². The minimum atomic E-state index is -3.30. The normalized spacial score (nSPS) is 29.9. The van der Waals surface area contributed by atoms with E-state index in [1.807, 2.05) is 6.92 Å². The Morgan fingerprint density at radius 2 is 1.84 bits per heavy atom. The van der Waals surface area contributed by atoms with Crippen LogP contribution in [0.15, 0.2) is 0 Å². The summed E-state index contributed by atoms with van der Waals surface area (Å²) in [5.41, 5.74) is 0. The molecule has 0 spiro atoms. The first-order valence-electron chi connectivity index (χ1n) is 7.18. The number of rotatable bonds is 2.